The Morgan fingerprint density at radius 2 is 1.23 bits per heavy atom. The van der Waals surface area contributed by atoms with E-state index in [2.05, 4.69) is 44.5 Å². The molecule has 2 aliphatic heterocycles. The molecule has 4 atom stereocenters. The van der Waals surface area contributed by atoms with E-state index < -0.39 is 24.3 Å². The zero-order valence-corrected chi connectivity index (χ0v) is 32.5. The van der Waals surface area contributed by atoms with Crippen LogP contribution in [0.5, 0.6) is 0 Å². The average Bonchev–Trinajstić information content (AvgIpc) is 4.07. The summed E-state index contributed by atoms with van der Waals surface area (Å²) in [4.78, 5) is 72.3. The molecule has 2 aliphatic rings. The number of carboxylic acid groups (broad SMARTS) is 1. The second-order valence-corrected chi connectivity index (χ2v) is 15.0. The van der Waals surface area contributed by atoms with E-state index in [1.54, 1.807) is 22.2 Å². The number of benzene rings is 3. The molecule has 57 heavy (non-hydrogen) atoms. The molecule has 4 heterocycles. The molecule has 14 nitrogen and oxygen atoms in total. The average molecular weight is 773 g/mol. The molecule has 0 unspecified atom stereocenters. The summed E-state index contributed by atoms with van der Waals surface area (Å²) in [5.41, 5.74) is 6.34. The number of rotatable bonds is 11. The molecular weight excluding hydrogens is 725 g/mol. The minimum Gasteiger partial charge on any atom is -0.465 e. The highest BCUT2D eigenvalue weighted by Gasteiger charge is 2.40. The lowest BCUT2D eigenvalue weighted by atomic mass is 10.0. The number of amides is 4. The van der Waals surface area contributed by atoms with Crippen LogP contribution in [0, 0.1) is 5.92 Å². The molecule has 4 N–H and O–H groups in total. The van der Waals surface area contributed by atoms with Crippen molar-refractivity contribution in [2.45, 2.75) is 63.7 Å². The fourth-order valence-corrected chi connectivity index (χ4v) is 8.08. The maximum absolute atomic E-state index is 13.9. The first-order chi connectivity index (χ1) is 27.5. The Kier molecular flexibility index (Phi) is 11.4. The largest absolute Gasteiger partial charge is 0.465 e. The van der Waals surface area contributed by atoms with Gasteiger partial charge in [-0.15, -0.1) is 0 Å². The standard InChI is InChI=1S/C43H48N8O6/c1-26(2)37(49(3)43(55)56)41(53)51-23-9-13-35(51)39-45-25-33(47-39)30-20-16-28(17-21-30)27-14-18-29(19-15-27)32-24-44-38(46-32)34-12-8-22-50(34)40(52)36(48-42(54)57-4)31-10-6-5-7-11-31/h5-7,10-11,14-21,24-26,34-37H,8-9,12-13,22-23H2,1-4H3,(H,44,46)(H,45,47)(H,48,54)(H,55,56)/t34-,35-,36+,37-/m0/s1. The van der Waals surface area contributed by atoms with Gasteiger partial charge in [0.2, 0.25) is 5.91 Å². The van der Waals surface area contributed by atoms with Crippen LogP contribution in [0.1, 0.15) is 74.9 Å². The van der Waals surface area contributed by atoms with Gasteiger partial charge in [-0.1, -0.05) is 92.7 Å². The number of carbonyl (C=O) groups excluding carboxylic acids is 3. The lowest BCUT2D eigenvalue weighted by Crippen LogP contribution is -2.51. The lowest BCUT2D eigenvalue weighted by Gasteiger charge is -2.33. The lowest BCUT2D eigenvalue weighted by molar-refractivity contribution is -0.138. The third-order valence-corrected chi connectivity index (χ3v) is 11.1. The number of likely N-dealkylation sites (N-methyl/N-ethyl adjacent to an activating group) is 1. The molecule has 5 aromatic rings. The van der Waals surface area contributed by atoms with Crippen molar-refractivity contribution in [3.8, 4) is 33.6 Å². The molecule has 0 aliphatic carbocycles. The molecule has 14 heteroatoms. The Hall–Kier alpha value is -6.44. The predicted molar refractivity (Wildman–Crippen MR) is 214 cm³/mol. The number of alkyl carbamates (subject to hydrolysis) is 1. The van der Waals surface area contributed by atoms with Crippen molar-refractivity contribution in [3.05, 3.63) is 108 Å². The van der Waals surface area contributed by atoms with Gasteiger partial charge in [0.25, 0.3) is 5.91 Å². The number of nitrogens with one attached hydrogen (secondary N) is 3. The number of aromatic nitrogens is 4. The van der Waals surface area contributed by atoms with Crippen molar-refractivity contribution in [1.29, 1.82) is 0 Å². The van der Waals surface area contributed by atoms with Gasteiger partial charge >= 0.3 is 12.2 Å². The van der Waals surface area contributed by atoms with Gasteiger partial charge in [0, 0.05) is 20.1 Å². The van der Waals surface area contributed by atoms with Crippen molar-refractivity contribution >= 4 is 24.0 Å². The summed E-state index contributed by atoms with van der Waals surface area (Å²) in [6.07, 6.45) is 4.90. The monoisotopic (exact) mass is 772 g/mol. The quantitative estimate of drug-likeness (QED) is 0.109. The molecule has 0 spiro atoms. The molecule has 0 bridgehead atoms. The normalized spacial score (nSPS) is 17.7. The molecule has 0 saturated carbocycles. The molecule has 0 radical (unpaired) electrons. The molecule has 2 aromatic heterocycles. The Bertz CT molecular complexity index is 2200. The number of likely N-dealkylation sites (tertiary alicyclic amines) is 2. The van der Waals surface area contributed by atoms with E-state index >= 15 is 0 Å². The van der Waals surface area contributed by atoms with Crippen LogP contribution in [-0.4, -0.2) is 97.0 Å². The number of ether oxygens (including phenoxy) is 1. The predicted octanol–water partition coefficient (Wildman–Crippen LogP) is 7.19. The fraction of sp³-hybridized carbons (Fsp3) is 0.349. The van der Waals surface area contributed by atoms with Crippen molar-refractivity contribution in [2.75, 3.05) is 27.2 Å². The van der Waals surface area contributed by atoms with E-state index in [4.69, 9.17) is 9.72 Å². The van der Waals surface area contributed by atoms with Gasteiger partial charge in [0.1, 0.15) is 23.7 Å². The van der Waals surface area contributed by atoms with Gasteiger partial charge in [-0.05, 0) is 59.4 Å². The molecular formula is C43H48N8O6. The van der Waals surface area contributed by atoms with Gasteiger partial charge in [-0.25, -0.2) is 19.6 Å². The first-order valence-electron chi connectivity index (χ1n) is 19.3. The van der Waals surface area contributed by atoms with Crippen molar-refractivity contribution in [2.24, 2.45) is 5.92 Å². The summed E-state index contributed by atoms with van der Waals surface area (Å²) < 4.78 is 4.82. The number of nitrogens with zero attached hydrogens (tertiary/aromatic N) is 5. The smallest absolute Gasteiger partial charge is 0.407 e. The van der Waals surface area contributed by atoms with Crippen LogP contribution < -0.4 is 5.32 Å². The van der Waals surface area contributed by atoms with Crippen LogP contribution in [0.15, 0.2) is 91.3 Å². The second kappa shape index (κ2) is 16.7. The summed E-state index contributed by atoms with van der Waals surface area (Å²) in [6, 6.07) is 23.4. The zero-order chi connectivity index (χ0) is 40.2. The highest BCUT2D eigenvalue weighted by Crippen LogP contribution is 2.36. The van der Waals surface area contributed by atoms with Crippen LogP contribution in [0.3, 0.4) is 0 Å². The minimum atomic E-state index is -1.13. The second-order valence-electron chi connectivity index (χ2n) is 15.0. The highest BCUT2D eigenvalue weighted by atomic mass is 16.5. The van der Waals surface area contributed by atoms with E-state index in [9.17, 15) is 24.3 Å². The number of aromatic amines is 2. The summed E-state index contributed by atoms with van der Waals surface area (Å²) in [7, 11) is 2.72. The van der Waals surface area contributed by atoms with Crippen LogP contribution >= 0.6 is 0 Å². The molecule has 4 amide bonds. The number of imidazole rings is 2. The van der Waals surface area contributed by atoms with Gasteiger partial charge in [0.05, 0.1) is 43.0 Å². The Morgan fingerprint density at radius 3 is 1.68 bits per heavy atom. The van der Waals surface area contributed by atoms with E-state index in [0.717, 1.165) is 64.2 Å². The first-order valence-corrected chi connectivity index (χ1v) is 19.3. The van der Waals surface area contributed by atoms with E-state index in [-0.39, 0.29) is 29.8 Å². The topological polar surface area (TPSA) is 177 Å². The summed E-state index contributed by atoms with van der Waals surface area (Å²) >= 11 is 0. The SMILES string of the molecule is COC(=O)N[C@@H](C(=O)N1CCC[C@H]1c1ncc(-c2ccc(-c3ccc(-c4cnc([C@@H]5CCCN5C(=O)[C@H](C(C)C)N(C)C(=O)O)[nH]4)cc3)cc2)[nH]1)c1ccccc1. The summed E-state index contributed by atoms with van der Waals surface area (Å²) in [5.74, 6) is 0.795. The molecule has 3 aromatic carbocycles. The Labute approximate surface area is 331 Å². The minimum absolute atomic E-state index is 0.175. The molecule has 2 fully saturated rings. The zero-order valence-electron chi connectivity index (χ0n) is 32.5. The maximum atomic E-state index is 13.9. The number of hydrogen-bond donors (Lipinski definition) is 4. The number of methoxy groups -OCH3 is 1. The van der Waals surface area contributed by atoms with Gasteiger partial charge < -0.3 is 34.9 Å². The Morgan fingerprint density at radius 1 is 0.754 bits per heavy atom. The third kappa shape index (κ3) is 8.11. The van der Waals surface area contributed by atoms with Crippen LogP contribution in [0.25, 0.3) is 33.6 Å². The highest BCUT2D eigenvalue weighted by molar-refractivity contribution is 5.88. The van der Waals surface area contributed by atoms with E-state index in [1.807, 2.05) is 68.4 Å². The van der Waals surface area contributed by atoms with E-state index in [0.29, 0.717) is 30.3 Å². The summed E-state index contributed by atoms with van der Waals surface area (Å²) in [6.45, 7) is 4.82. The van der Waals surface area contributed by atoms with Crippen molar-refractivity contribution in [3.63, 3.8) is 0 Å². The van der Waals surface area contributed by atoms with Crippen LogP contribution in [0.2, 0.25) is 0 Å². The van der Waals surface area contributed by atoms with Crippen molar-refractivity contribution < 1.29 is 29.0 Å². The van der Waals surface area contributed by atoms with Gasteiger partial charge in [-0.2, -0.15) is 0 Å². The van der Waals surface area contributed by atoms with E-state index in [1.165, 1.54) is 14.2 Å². The first kappa shape index (κ1) is 38.8. The fourth-order valence-electron chi connectivity index (χ4n) is 8.08. The molecule has 296 valence electrons. The number of hydrogen-bond acceptors (Lipinski definition) is 7. The number of carbonyl (C=O) groups is 4. The molecule has 2 saturated heterocycles. The number of H-pyrrole nitrogens is 2. The summed E-state index contributed by atoms with van der Waals surface area (Å²) in [5, 5.41) is 12.3. The maximum Gasteiger partial charge on any atom is 0.407 e. The molecule has 7 rings (SSSR count). The van der Waals surface area contributed by atoms with Gasteiger partial charge in [0.15, 0.2) is 0 Å². The van der Waals surface area contributed by atoms with Crippen molar-refractivity contribution in [1.82, 2.24) is 40.0 Å². The third-order valence-electron chi connectivity index (χ3n) is 11.1. The van der Waals surface area contributed by atoms with Gasteiger partial charge in [-0.3, -0.25) is 14.5 Å². The Balaban J connectivity index is 1.01. The van der Waals surface area contributed by atoms with Crippen LogP contribution in [0.4, 0.5) is 9.59 Å². The van der Waals surface area contributed by atoms with Crippen LogP contribution in [-0.2, 0) is 14.3 Å².